The smallest absolute Gasteiger partial charge is 0.317 e. The van der Waals surface area contributed by atoms with Crippen LogP contribution in [0.5, 0.6) is 0 Å². The van der Waals surface area contributed by atoms with Gasteiger partial charge in [-0.1, -0.05) is 0 Å². The standard InChI is InChI=1S/C12H15BrN2O4/c13-10-3-2-9(19-10)12(18)15-5-1-4-14(6-7-15)8-11(16)17/h2-3H,1,4-8H2,(H,16,17). The Balaban J connectivity index is 1.95. The van der Waals surface area contributed by atoms with Crippen LogP contribution >= 0.6 is 15.9 Å². The van der Waals surface area contributed by atoms with Crippen LogP contribution in [0.4, 0.5) is 0 Å². The molecule has 1 aliphatic heterocycles. The minimum atomic E-state index is -0.838. The molecule has 0 aromatic carbocycles. The lowest BCUT2D eigenvalue weighted by molar-refractivity contribution is -0.138. The molecule has 6 nitrogen and oxygen atoms in total. The van der Waals surface area contributed by atoms with Gasteiger partial charge in [0.05, 0.1) is 6.54 Å². The molecule has 0 saturated carbocycles. The van der Waals surface area contributed by atoms with E-state index in [1.54, 1.807) is 17.0 Å². The summed E-state index contributed by atoms with van der Waals surface area (Å²) < 4.78 is 5.77. The zero-order valence-corrected chi connectivity index (χ0v) is 11.9. The van der Waals surface area contributed by atoms with E-state index in [1.165, 1.54) is 0 Å². The molecule has 0 aliphatic carbocycles. The van der Waals surface area contributed by atoms with E-state index in [1.807, 2.05) is 4.90 Å². The molecular formula is C12H15BrN2O4. The number of furan rings is 1. The van der Waals surface area contributed by atoms with Crippen molar-refractivity contribution in [1.29, 1.82) is 0 Å². The highest BCUT2D eigenvalue weighted by Crippen LogP contribution is 2.16. The van der Waals surface area contributed by atoms with Gasteiger partial charge in [-0.05, 0) is 34.5 Å². The zero-order valence-electron chi connectivity index (χ0n) is 10.3. The van der Waals surface area contributed by atoms with Crippen LogP contribution in [0, 0.1) is 0 Å². The van der Waals surface area contributed by atoms with Crippen molar-refractivity contribution in [1.82, 2.24) is 9.80 Å². The van der Waals surface area contributed by atoms with Crippen LogP contribution in [0.1, 0.15) is 17.0 Å². The van der Waals surface area contributed by atoms with Crippen molar-refractivity contribution in [3.63, 3.8) is 0 Å². The van der Waals surface area contributed by atoms with E-state index >= 15 is 0 Å². The fraction of sp³-hybridized carbons (Fsp3) is 0.500. The lowest BCUT2D eigenvalue weighted by Gasteiger charge is -2.20. The largest absolute Gasteiger partial charge is 0.480 e. The van der Waals surface area contributed by atoms with E-state index in [4.69, 9.17) is 9.52 Å². The summed E-state index contributed by atoms with van der Waals surface area (Å²) in [6, 6.07) is 3.31. The van der Waals surface area contributed by atoms with Crippen LogP contribution in [0.25, 0.3) is 0 Å². The number of nitrogens with zero attached hydrogens (tertiary/aromatic N) is 2. The van der Waals surface area contributed by atoms with Crippen molar-refractivity contribution in [2.75, 3.05) is 32.7 Å². The Morgan fingerprint density at radius 3 is 2.68 bits per heavy atom. The summed E-state index contributed by atoms with van der Waals surface area (Å²) >= 11 is 3.17. The highest BCUT2D eigenvalue weighted by molar-refractivity contribution is 9.10. The maximum atomic E-state index is 12.2. The summed E-state index contributed by atoms with van der Waals surface area (Å²) in [5, 5.41) is 8.77. The Bertz CT molecular complexity index is 474. The van der Waals surface area contributed by atoms with Crippen molar-refractivity contribution in [3.8, 4) is 0 Å². The van der Waals surface area contributed by atoms with Gasteiger partial charge in [-0.2, -0.15) is 0 Å². The molecule has 1 aromatic heterocycles. The highest BCUT2D eigenvalue weighted by atomic mass is 79.9. The van der Waals surface area contributed by atoms with Gasteiger partial charge in [-0.15, -0.1) is 0 Å². The maximum absolute atomic E-state index is 12.2. The van der Waals surface area contributed by atoms with Crippen LogP contribution in [0.3, 0.4) is 0 Å². The van der Waals surface area contributed by atoms with E-state index < -0.39 is 5.97 Å². The van der Waals surface area contributed by atoms with Crippen LogP contribution in [0.15, 0.2) is 21.2 Å². The molecule has 1 aromatic rings. The molecule has 2 rings (SSSR count). The maximum Gasteiger partial charge on any atom is 0.317 e. The van der Waals surface area contributed by atoms with Gasteiger partial charge in [-0.25, -0.2) is 0 Å². The van der Waals surface area contributed by atoms with Gasteiger partial charge < -0.3 is 14.4 Å². The SMILES string of the molecule is O=C(O)CN1CCCN(C(=O)c2ccc(Br)o2)CC1. The zero-order chi connectivity index (χ0) is 13.8. The summed E-state index contributed by atoms with van der Waals surface area (Å²) in [5.41, 5.74) is 0. The van der Waals surface area contributed by atoms with Gasteiger partial charge in [0.25, 0.3) is 5.91 Å². The van der Waals surface area contributed by atoms with Crippen molar-refractivity contribution >= 4 is 27.8 Å². The average Bonchev–Trinajstić information content (AvgIpc) is 2.65. The molecule has 104 valence electrons. The second-order valence-corrected chi connectivity index (χ2v) is 5.20. The van der Waals surface area contributed by atoms with Crippen molar-refractivity contribution in [2.45, 2.75) is 6.42 Å². The third-order valence-corrected chi connectivity index (χ3v) is 3.44. The number of aliphatic carboxylic acids is 1. The number of amides is 1. The van der Waals surface area contributed by atoms with Gasteiger partial charge in [0.2, 0.25) is 0 Å². The third-order valence-electron chi connectivity index (χ3n) is 3.02. The van der Waals surface area contributed by atoms with Crippen LogP contribution < -0.4 is 0 Å². The number of carboxylic acid groups (broad SMARTS) is 1. The minimum absolute atomic E-state index is 0.0222. The highest BCUT2D eigenvalue weighted by Gasteiger charge is 2.23. The molecule has 7 heteroatoms. The van der Waals surface area contributed by atoms with E-state index in [0.717, 1.165) is 6.42 Å². The summed E-state index contributed by atoms with van der Waals surface area (Å²) in [4.78, 5) is 26.4. The normalized spacial score (nSPS) is 17.2. The van der Waals surface area contributed by atoms with Crippen LogP contribution in [0.2, 0.25) is 0 Å². The quantitative estimate of drug-likeness (QED) is 0.903. The number of carbonyl (C=O) groups excluding carboxylic acids is 1. The van der Waals surface area contributed by atoms with E-state index in [0.29, 0.717) is 36.6 Å². The predicted molar refractivity (Wildman–Crippen MR) is 71.0 cm³/mol. The lowest BCUT2D eigenvalue weighted by Crippen LogP contribution is -2.36. The van der Waals surface area contributed by atoms with Gasteiger partial charge in [0, 0.05) is 26.2 Å². The molecule has 1 amide bonds. The van der Waals surface area contributed by atoms with Crippen molar-refractivity contribution in [2.24, 2.45) is 0 Å². The van der Waals surface area contributed by atoms with Crippen molar-refractivity contribution in [3.05, 3.63) is 22.6 Å². The van der Waals surface area contributed by atoms with Gasteiger partial charge in [0.1, 0.15) is 0 Å². The Labute approximate surface area is 119 Å². The van der Waals surface area contributed by atoms with E-state index in [2.05, 4.69) is 15.9 Å². The molecule has 0 atom stereocenters. The lowest BCUT2D eigenvalue weighted by atomic mass is 10.3. The fourth-order valence-corrected chi connectivity index (χ4v) is 2.42. The predicted octanol–water partition coefficient (Wildman–Crippen LogP) is 1.27. The summed E-state index contributed by atoms with van der Waals surface area (Å²) in [7, 11) is 0. The van der Waals surface area contributed by atoms with Gasteiger partial charge in [0.15, 0.2) is 10.4 Å². The summed E-state index contributed by atoms with van der Waals surface area (Å²) in [6.07, 6.45) is 0.765. The second-order valence-electron chi connectivity index (χ2n) is 4.42. The Hall–Kier alpha value is -1.34. The molecule has 2 heterocycles. The number of hydrogen-bond donors (Lipinski definition) is 1. The molecule has 0 radical (unpaired) electrons. The molecule has 1 aliphatic rings. The number of carboxylic acids is 1. The van der Waals surface area contributed by atoms with E-state index in [-0.39, 0.29) is 12.5 Å². The molecule has 1 N–H and O–H groups in total. The van der Waals surface area contributed by atoms with Crippen molar-refractivity contribution < 1.29 is 19.1 Å². The van der Waals surface area contributed by atoms with Crippen LogP contribution in [-0.4, -0.2) is 59.5 Å². The number of hydrogen-bond acceptors (Lipinski definition) is 4. The Kier molecular flexibility index (Phi) is 4.60. The topological polar surface area (TPSA) is 74.0 Å². The Morgan fingerprint density at radius 2 is 2.05 bits per heavy atom. The summed E-state index contributed by atoms with van der Waals surface area (Å²) in [6.45, 7) is 2.42. The first-order valence-electron chi connectivity index (χ1n) is 6.05. The molecule has 19 heavy (non-hydrogen) atoms. The van der Waals surface area contributed by atoms with Gasteiger partial charge >= 0.3 is 5.97 Å². The molecule has 0 bridgehead atoms. The first-order chi connectivity index (χ1) is 9.06. The molecule has 1 saturated heterocycles. The summed E-state index contributed by atoms with van der Waals surface area (Å²) in [5.74, 6) is -0.684. The average molecular weight is 331 g/mol. The third kappa shape index (κ3) is 3.81. The monoisotopic (exact) mass is 330 g/mol. The minimum Gasteiger partial charge on any atom is -0.480 e. The first kappa shape index (κ1) is 14.1. The Morgan fingerprint density at radius 1 is 1.26 bits per heavy atom. The molecule has 0 unspecified atom stereocenters. The molecular weight excluding hydrogens is 316 g/mol. The number of carbonyl (C=O) groups is 2. The van der Waals surface area contributed by atoms with Crippen LogP contribution in [-0.2, 0) is 4.79 Å². The van der Waals surface area contributed by atoms with E-state index in [9.17, 15) is 9.59 Å². The fourth-order valence-electron chi connectivity index (χ4n) is 2.11. The molecule has 1 fully saturated rings. The molecule has 0 spiro atoms. The van der Waals surface area contributed by atoms with Gasteiger partial charge in [-0.3, -0.25) is 14.5 Å². The number of halogens is 1. The second kappa shape index (κ2) is 6.21. The number of rotatable bonds is 3. The first-order valence-corrected chi connectivity index (χ1v) is 6.84.